The summed E-state index contributed by atoms with van der Waals surface area (Å²) in [5.41, 5.74) is 0.528. The number of rotatable bonds is 5. The molecule has 4 heterocycles. The van der Waals surface area contributed by atoms with Crippen LogP contribution in [0.25, 0.3) is 11.2 Å². The molecule has 4 aromatic rings. The molecule has 5 rings (SSSR count). The molecule has 14 heteroatoms. The zero-order valence-corrected chi connectivity index (χ0v) is 17.5. The number of aromatic nitrogens is 8. The van der Waals surface area contributed by atoms with E-state index >= 15 is 0 Å². The third-order valence-corrected chi connectivity index (χ3v) is 5.21. The molecule has 0 aliphatic heterocycles. The third kappa shape index (κ3) is 3.81. The summed E-state index contributed by atoms with van der Waals surface area (Å²) in [5.74, 6) is -1.38. The Balaban J connectivity index is 1.44. The Kier molecular flexibility index (Phi) is 4.68. The largest absolute Gasteiger partial charge is 0.453 e. The molecule has 172 valence electrons. The highest BCUT2D eigenvalue weighted by atomic mass is 19.4. The van der Waals surface area contributed by atoms with Crippen LogP contribution in [0.15, 0.2) is 23.0 Å². The summed E-state index contributed by atoms with van der Waals surface area (Å²) in [5, 5.41) is 21.5. The van der Waals surface area contributed by atoms with Crippen molar-refractivity contribution in [2.45, 2.75) is 51.2 Å². The van der Waals surface area contributed by atoms with Gasteiger partial charge >= 0.3 is 6.18 Å². The summed E-state index contributed by atoms with van der Waals surface area (Å²) in [6, 6.07) is 4.26. The zero-order valence-electron chi connectivity index (χ0n) is 17.5. The second-order valence-corrected chi connectivity index (χ2v) is 8.17. The zero-order chi connectivity index (χ0) is 23.5. The number of hydrogen-bond donors (Lipinski definition) is 1. The van der Waals surface area contributed by atoms with Crippen LogP contribution in [0, 0.1) is 0 Å². The van der Waals surface area contributed by atoms with Crippen molar-refractivity contribution < 1.29 is 18.0 Å². The maximum atomic E-state index is 13.1. The van der Waals surface area contributed by atoms with Gasteiger partial charge in [-0.2, -0.15) is 27.9 Å². The highest BCUT2D eigenvalue weighted by molar-refractivity contribution is 5.89. The SMILES string of the molecule is CC(C)c1nn(CC(=O)Nc2ccc3nnc(C(F)(F)F)n3n2)c(=O)c2cc(C3CC3)nn12. The molecule has 1 amide bonds. The number of anilines is 1. The van der Waals surface area contributed by atoms with E-state index < -0.39 is 30.0 Å². The quantitative estimate of drug-likeness (QED) is 0.482. The van der Waals surface area contributed by atoms with Gasteiger partial charge in [-0.1, -0.05) is 13.8 Å². The van der Waals surface area contributed by atoms with E-state index in [1.807, 2.05) is 13.8 Å². The van der Waals surface area contributed by atoms with E-state index in [9.17, 15) is 22.8 Å². The first-order valence-corrected chi connectivity index (χ1v) is 10.2. The van der Waals surface area contributed by atoms with Crippen molar-refractivity contribution >= 4 is 22.9 Å². The smallest absolute Gasteiger partial charge is 0.308 e. The summed E-state index contributed by atoms with van der Waals surface area (Å²) >= 11 is 0. The van der Waals surface area contributed by atoms with Gasteiger partial charge in [0.2, 0.25) is 5.91 Å². The highest BCUT2D eigenvalue weighted by Gasteiger charge is 2.37. The first-order chi connectivity index (χ1) is 15.6. The second kappa shape index (κ2) is 7.35. The van der Waals surface area contributed by atoms with Crippen molar-refractivity contribution in [2.75, 3.05) is 5.32 Å². The standard InChI is InChI=1S/C19H18F3N9O2/c1-9(2)16-28-29(17(33)12-7-11(10-3-4-10)26-30(12)16)8-15(32)23-13-5-6-14-24-25-18(19(20,21)22)31(14)27-13/h5-7,9-10H,3-4,8H2,1-2H3,(H,23,27,32). The van der Waals surface area contributed by atoms with Gasteiger partial charge in [0.1, 0.15) is 12.1 Å². The predicted octanol–water partition coefficient (Wildman–Crippen LogP) is 1.99. The minimum absolute atomic E-state index is 0.0760. The lowest BCUT2D eigenvalue weighted by atomic mass is 10.2. The van der Waals surface area contributed by atoms with Crippen LogP contribution in [0.3, 0.4) is 0 Å². The normalized spacial score (nSPS) is 14.5. The van der Waals surface area contributed by atoms with Crippen LogP contribution in [-0.4, -0.2) is 45.1 Å². The van der Waals surface area contributed by atoms with E-state index in [0.717, 1.165) is 23.2 Å². The van der Waals surface area contributed by atoms with Crippen molar-refractivity contribution in [3.8, 4) is 0 Å². The Morgan fingerprint density at radius 1 is 1.15 bits per heavy atom. The van der Waals surface area contributed by atoms with E-state index in [2.05, 4.69) is 30.8 Å². The Hall–Kier alpha value is -3.84. The van der Waals surface area contributed by atoms with Crippen LogP contribution in [0.2, 0.25) is 0 Å². The van der Waals surface area contributed by atoms with Crippen LogP contribution in [0.1, 0.15) is 55.9 Å². The van der Waals surface area contributed by atoms with E-state index in [0.29, 0.717) is 21.8 Å². The van der Waals surface area contributed by atoms with Crippen LogP contribution in [0.5, 0.6) is 0 Å². The fraction of sp³-hybridized carbons (Fsp3) is 0.421. The number of hydrogen-bond acceptors (Lipinski definition) is 7. The Morgan fingerprint density at radius 2 is 1.91 bits per heavy atom. The van der Waals surface area contributed by atoms with Crippen molar-refractivity contribution in [3.05, 3.63) is 45.9 Å². The maximum Gasteiger partial charge on any atom is 0.453 e. The number of amides is 1. The third-order valence-electron chi connectivity index (χ3n) is 5.21. The van der Waals surface area contributed by atoms with Gasteiger partial charge in [-0.15, -0.1) is 15.3 Å². The van der Waals surface area contributed by atoms with Crippen LogP contribution >= 0.6 is 0 Å². The minimum Gasteiger partial charge on any atom is -0.308 e. The van der Waals surface area contributed by atoms with Gasteiger partial charge < -0.3 is 5.32 Å². The summed E-state index contributed by atoms with van der Waals surface area (Å²) in [7, 11) is 0. The molecule has 33 heavy (non-hydrogen) atoms. The van der Waals surface area contributed by atoms with Crippen LogP contribution in [0.4, 0.5) is 19.0 Å². The minimum atomic E-state index is -4.76. The van der Waals surface area contributed by atoms with Gasteiger partial charge in [0.25, 0.3) is 11.4 Å². The number of nitrogens with one attached hydrogen (secondary N) is 1. The molecule has 0 bridgehead atoms. The summed E-state index contributed by atoms with van der Waals surface area (Å²) in [6.45, 7) is 3.34. The predicted molar refractivity (Wildman–Crippen MR) is 108 cm³/mol. The Bertz CT molecular complexity index is 1450. The number of carbonyl (C=O) groups is 1. The second-order valence-electron chi connectivity index (χ2n) is 8.17. The van der Waals surface area contributed by atoms with Gasteiger partial charge in [-0.05, 0) is 31.0 Å². The summed E-state index contributed by atoms with van der Waals surface area (Å²) in [6.07, 6.45) is -2.73. The lowest BCUT2D eigenvalue weighted by Gasteiger charge is -2.12. The van der Waals surface area contributed by atoms with Gasteiger partial charge in [0, 0.05) is 11.8 Å². The van der Waals surface area contributed by atoms with Gasteiger partial charge in [-0.3, -0.25) is 9.59 Å². The Morgan fingerprint density at radius 3 is 2.58 bits per heavy atom. The molecular weight excluding hydrogens is 443 g/mol. The topological polar surface area (TPSA) is 124 Å². The molecule has 0 saturated heterocycles. The molecule has 1 N–H and O–H groups in total. The molecule has 0 unspecified atom stereocenters. The van der Waals surface area contributed by atoms with Crippen molar-refractivity contribution in [1.29, 1.82) is 0 Å². The molecule has 1 saturated carbocycles. The molecule has 0 radical (unpaired) electrons. The van der Waals surface area contributed by atoms with E-state index in [1.54, 1.807) is 6.07 Å². The Labute approximate surface area is 183 Å². The fourth-order valence-electron chi connectivity index (χ4n) is 3.47. The summed E-state index contributed by atoms with van der Waals surface area (Å²) in [4.78, 5) is 25.5. The monoisotopic (exact) mass is 461 g/mol. The van der Waals surface area contributed by atoms with E-state index in [4.69, 9.17) is 0 Å². The van der Waals surface area contributed by atoms with Crippen LogP contribution < -0.4 is 10.9 Å². The molecule has 0 atom stereocenters. The molecule has 4 aromatic heterocycles. The molecule has 1 fully saturated rings. The number of fused-ring (bicyclic) bond motifs is 2. The van der Waals surface area contributed by atoms with E-state index in [1.165, 1.54) is 16.6 Å². The average Bonchev–Trinajstić information content (AvgIpc) is 3.33. The number of halogens is 3. The lowest BCUT2D eigenvalue weighted by Crippen LogP contribution is -2.32. The molecule has 0 aromatic carbocycles. The van der Waals surface area contributed by atoms with Crippen molar-refractivity contribution in [1.82, 2.24) is 39.2 Å². The van der Waals surface area contributed by atoms with Crippen LogP contribution in [-0.2, 0) is 17.5 Å². The maximum absolute atomic E-state index is 13.1. The van der Waals surface area contributed by atoms with Gasteiger partial charge in [0.05, 0.1) is 5.69 Å². The summed E-state index contributed by atoms with van der Waals surface area (Å²) < 4.78 is 42.2. The van der Waals surface area contributed by atoms with E-state index in [-0.39, 0.29) is 17.4 Å². The number of nitrogens with zero attached hydrogens (tertiary/aromatic N) is 8. The average molecular weight is 461 g/mol. The fourth-order valence-corrected chi connectivity index (χ4v) is 3.47. The van der Waals surface area contributed by atoms with Gasteiger partial charge in [0.15, 0.2) is 17.3 Å². The number of alkyl halides is 3. The first-order valence-electron chi connectivity index (χ1n) is 10.2. The lowest BCUT2D eigenvalue weighted by molar-refractivity contribution is -0.146. The first kappa shape index (κ1) is 21.0. The molecule has 1 aliphatic rings. The van der Waals surface area contributed by atoms with Crippen molar-refractivity contribution in [2.24, 2.45) is 0 Å². The molecular formula is C19H18F3N9O2. The number of carbonyl (C=O) groups excluding carboxylic acids is 1. The molecule has 1 aliphatic carbocycles. The molecule has 11 nitrogen and oxygen atoms in total. The van der Waals surface area contributed by atoms with Gasteiger partial charge in [-0.25, -0.2) is 9.20 Å². The van der Waals surface area contributed by atoms with Crippen molar-refractivity contribution in [3.63, 3.8) is 0 Å². The highest BCUT2D eigenvalue weighted by Crippen LogP contribution is 2.39. The molecule has 0 spiro atoms.